The normalized spacial score (nSPS) is 10.8. The van der Waals surface area contributed by atoms with Crippen molar-refractivity contribution in [3.05, 3.63) is 87.9 Å². The molecular formula is C26H28ClNO3. The van der Waals surface area contributed by atoms with E-state index in [4.69, 9.17) is 21.1 Å². The Bertz CT molecular complexity index is 1060. The minimum atomic E-state index is -0.211. The Labute approximate surface area is 189 Å². The Morgan fingerprint density at radius 2 is 1.77 bits per heavy atom. The third-order valence-corrected chi connectivity index (χ3v) is 5.47. The summed E-state index contributed by atoms with van der Waals surface area (Å²) in [5, 5.41) is 3.55. The summed E-state index contributed by atoms with van der Waals surface area (Å²) in [6.07, 6.45) is 0. The number of carbonyl (C=O) groups excluding carboxylic acids is 1. The second-order valence-electron chi connectivity index (χ2n) is 7.60. The number of hydrogen-bond donors (Lipinski definition) is 1. The van der Waals surface area contributed by atoms with Crippen LogP contribution in [-0.2, 0) is 6.61 Å². The first-order valence-electron chi connectivity index (χ1n) is 10.4. The van der Waals surface area contributed by atoms with Crippen LogP contribution in [0.3, 0.4) is 0 Å². The van der Waals surface area contributed by atoms with Gasteiger partial charge in [-0.05, 0) is 67.3 Å². The molecule has 0 bridgehead atoms. The Hall–Kier alpha value is -2.98. The van der Waals surface area contributed by atoms with E-state index in [1.54, 1.807) is 12.1 Å². The SMILES string of the molecule is CCOc1ccc(C(=O)Nc2cccc(Cl)c2C)cc1COc1ccccc1C(C)C. The first-order valence-corrected chi connectivity index (χ1v) is 10.8. The van der Waals surface area contributed by atoms with E-state index in [-0.39, 0.29) is 5.91 Å². The van der Waals surface area contributed by atoms with Crippen LogP contribution in [0.2, 0.25) is 5.02 Å². The third kappa shape index (κ3) is 5.59. The molecular weight excluding hydrogens is 410 g/mol. The molecule has 0 spiro atoms. The lowest BCUT2D eigenvalue weighted by Gasteiger charge is -2.16. The van der Waals surface area contributed by atoms with Gasteiger partial charge in [0.2, 0.25) is 0 Å². The van der Waals surface area contributed by atoms with E-state index in [1.807, 2.05) is 56.3 Å². The van der Waals surface area contributed by atoms with Crippen molar-refractivity contribution in [1.82, 2.24) is 0 Å². The fourth-order valence-corrected chi connectivity index (χ4v) is 3.49. The van der Waals surface area contributed by atoms with Crippen LogP contribution < -0.4 is 14.8 Å². The average Bonchev–Trinajstić information content (AvgIpc) is 2.76. The second-order valence-corrected chi connectivity index (χ2v) is 8.01. The molecule has 162 valence electrons. The van der Waals surface area contributed by atoms with Gasteiger partial charge in [-0.25, -0.2) is 0 Å². The van der Waals surface area contributed by atoms with Crippen molar-refractivity contribution in [2.75, 3.05) is 11.9 Å². The highest BCUT2D eigenvalue weighted by atomic mass is 35.5. The second kappa shape index (κ2) is 10.4. The molecule has 0 aliphatic heterocycles. The number of anilines is 1. The molecule has 0 saturated heterocycles. The van der Waals surface area contributed by atoms with Gasteiger partial charge in [0.05, 0.1) is 6.61 Å². The van der Waals surface area contributed by atoms with Crippen LogP contribution in [0, 0.1) is 6.92 Å². The summed E-state index contributed by atoms with van der Waals surface area (Å²) in [7, 11) is 0. The van der Waals surface area contributed by atoms with Crippen LogP contribution in [-0.4, -0.2) is 12.5 Å². The zero-order valence-electron chi connectivity index (χ0n) is 18.4. The van der Waals surface area contributed by atoms with Gasteiger partial charge in [-0.1, -0.05) is 49.7 Å². The molecule has 3 aromatic carbocycles. The van der Waals surface area contributed by atoms with E-state index < -0.39 is 0 Å². The summed E-state index contributed by atoms with van der Waals surface area (Å²) >= 11 is 6.17. The van der Waals surface area contributed by atoms with Crippen LogP contribution in [0.4, 0.5) is 5.69 Å². The van der Waals surface area contributed by atoms with E-state index in [0.717, 1.165) is 22.4 Å². The maximum atomic E-state index is 12.9. The fraction of sp³-hybridized carbons (Fsp3) is 0.269. The van der Waals surface area contributed by atoms with Crippen molar-refractivity contribution in [2.24, 2.45) is 0 Å². The molecule has 0 heterocycles. The molecule has 0 aromatic heterocycles. The van der Waals surface area contributed by atoms with Gasteiger partial charge >= 0.3 is 0 Å². The smallest absolute Gasteiger partial charge is 0.255 e. The number of halogens is 1. The standard InChI is InChI=1S/C26H28ClNO3/c1-5-30-24-14-13-19(26(29)28-23-11-8-10-22(27)18(23)4)15-20(24)16-31-25-12-7-6-9-21(25)17(2)3/h6-15,17H,5,16H2,1-4H3,(H,28,29). The van der Waals surface area contributed by atoms with Crippen LogP contribution in [0.25, 0.3) is 0 Å². The highest BCUT2D eigenvalue weighted by Gasteiger charge is 2.14. The number of hydrogen-bond acceptors (Lipinski definition) is 3. The minimum Gasteiger partial charge on any atom is -0.493 e. The Balaban J connectivity index is 1.84. The predicted molar refractivity (Wildman–Crippen MR) is 127 cm³/mol. The Kier molecular flexibility index (Phi) is 7.59. The van der Waals surface area contributed by atoms with Gasteiger partial charge in [0.15, 0.2) is 0 Å². The zero-order chi connectivity index (χ0) is 22.4. The number of para-hydroxylation sites is 1. The van der Waals surface area contributed by atoms with Gasteiger partial charge in [0, 0.05) is 21.8 Å². The largest absolute Gasteiger partial charge is 0.493 e. The maximum Gasteiger partial charge on any atom is 0.255 e. The van der Waals surface area contributed by atoms with Crippen molar-refractivity contribution in [2.45, 2.75) is 40.2 Å². The lowest BCUT2D eigenvalue weighted by Crippen LogP contribution is -2.14. The molecule has 0 fully saturated rings. The minimum absolute atomic E-state index is 0.211. The molecule has 5 heteroatoms. The van der Waals surface area contributed by atoms with E-state index in [2.05, 4.69) is 25.2 Å². The quantitative estimate of drug-likeness (QED) is 0.412. The van der Waals surface area contributed by atoms with E-state index in [1.165, 1.54) is 0 Å². The lowest BCUT2D eigenvalue weighted by molar-refractivity contribution is 0.102. The van der Waals surface area contributed by atoms with Crippen molar-refractivity contribution in [1.29, 1.82) is 0 Å². The number of nitrogens with one attached hydrogen (secondary N) is 1. The molecule has 3 aromatic rings. The Morgan fingerprint density at radius 3 is 2.52 bits per heavy atom. The molecule has 3 rings (SSSR count). The van der Waals surface area contributed by atoms with E-state index in [9.17, 15) is 4.79 Å². The van der Waals surface area contributed by atoms with Crippen LogP contribution in [0.1, 0.15) is 53.7 Å². The summed E-state index contributed by atoms with van der Waals surface area (Å²) in [5.41, 5.74) is 4.01. The summed E-state index contributed by atoms with van der Waals surface area (Å²) < 4.78 is 11.9. The first kappa shape index (κ1) is 22.7. The number of ether oxygens (including phenoxy) is 2. The van der Waals surface area contributed by atoms with Crippen LogP contribution in [0.15, 0.2) is 60.7 Å². The highest BCUT2D eigenvalue weighted by molar-refractivity contribution is 6.31. The monoisotopic (exact) mass is 437 g/mol. The number of rotatable bonds is 8. The van der Waals surface area contributed by atoms with Gasteiger partial charge in [0.25, 0.3) is 5.91 Å². The molecule has 1 amide bonds. The average molecular weight is 438 g/mol. The summed E-state index contributed by atoms with van der Waals surface area (Å²) in [4.78, 5) is 12.9. The van der Waals surface area contributed by atoms with Gasteiger partial charge in [-0.2, -0.15) is 0 Å². The topological polar surface area (TPSA) is 47.6 Å². The molecule has 0 saturated carbocycles. The lowest BCUT2D eigenvalue weighted by atomic mass is 10.0. The molecule has 0 unspecified atom stereocenters. The molecule has 0 atom stereocenters. The Morgan fingerprint density at radius 1 is 1.00 bits per heavy atom. The van der Waals surface area contributed by atoms with E-state index >= 15 is 0 Å². The first-order chi connectivity index (χ1) is 14.9. The molecule has 0 radical (unpaired) electrons. The van der Waals surface area contributed by atoms with Crippen molar-refractivity contribution >= 4 is 23.2 Å². The molecule has 0 aliphatic carbocycles. The number of carbonyl (C=O) groups is 1. The maximum absolute atomic E-state index is 12.9. The van der Waals surface area contributed by atoms with Crippen LogP contribution in [0.5, 0.6) is 11.5 Å². The molecule has 4 nitrogen and oxygen atoms in total. The fourth-order valence-electron chi connectivity index (χ4n) is 3.31. The van der Waals surface area contributed by atoms with Crippen molar-refractivity contribution in [3.8, 4) is 11.5 Å². The predicted octanol–water partition coefficient (Wildman–Crippen LogP) is 7.00. The number of benzene rings is 3. The third-order valence-electron chi connectivity index (χ3n) is 5.06. The molecule has 0 aliphatic rings. The summed E-state index contributed by atoms with van der Waals surface area (Å²) in [5.74, 6) is 1.68. The van der Waals surface area contributed by atoms with Crippen molar-refractivity contribution in [3.63, 3.8) is 0 Å². The van der Waals surface area contributed by atoms with Gasteiger partial charge in [0.1, 0.15) is 18.1 Å². The summed E-state index contributed by atoms with van der Waals surface area (Å²) in [6, 6.07) is 18.8. The van der Waals surface area contributed by atoms with Gasteiger partial charge in [-0.3, -0.25) is 4.79 Å². The summed E-state index contributed by atoms with van der Waals surface area (Å²) in [6.45, 7) is 8.91. The van der Waals surface area contributed by atoms with Gasteiger partial charge in [-0.15, -0.1) is 0 Å². The molecule has 31 heavy (non-hydrogen) atoms. The highest BCUT2D eigenvalue weighted by Crippen LogP contribution is 2.29. The number of amides is 1. The molecule has 1 N–H and O–H groups in total. The van der Waals surface area contributed by atoms with Gasteiger partial charge < -0.3 is 14.8 Å². The zero-order valence-corrected chi connectivity index (χ0v) is 19.1. The van der Waals surface area contributed by atoms with Crippen molar-refractivity contribution < 1.29 is 14.3 Å². The van der Waals surface area contributed by atoms with E-state index in [0.29, 0.717) is 41.2 Å². The van der Waals surface area contributed by atoms with Crippen LogP contribution >= 0.6 is 11.6 Å².